The van der Waals surface area contributed by atoms with Crippen LogP contribution in [0.15, 0.2) is 18.2 Å². The molecule has 0 saturated carbocycles. The highest BCUT2D eigenvalue weighted by atomic mass is 32.2. The van der Waals surface area contributed by atoms with Crippen molar-refractivity contribution in [2.75, 3.05) is 11.5 Å². The lowest BCUT2D eigenvalue weighted by molar-refractivity contribution is -0.385. The molecule has 2 N–H and O–H groups in total. The molecule has 0 aliphatic rings. The van der Waals surface area contributed by atoms with Crippen LogP contribution in [-0.4, -0.2) is 15.8 Å². The van der Waals surface area contributed by atoms with Crippen LogP contribution in [0.4, 0.5) is 11.4 Å². The monoisotopic (exact) mass is 264 g/mol. The Kier molecular flexibility index (Phi) is 5.21. The van der Waals surface area contributed by atoms with E-state index in [1.54, 1.807) is 6.07 Å². The number of hydrogen-bond donors (Lipinski definition) is 1. The molecular weight excluding hydrogens is 252 g/mol. The third kappa shape index (κ3) is 4.47. The fourth-order valence-corrected chi connectivity index (χ4v) is 1.70. The lowest BCUT2D eigenvalue weighted by Crippen LogP contribution is -1.94. The fraction of sp³-hybridized carbons (Fsp3) is 0.250. The first-order valence-electron chi connectivity index (χ1n) is 5.17. The van der Waals surface area contributed by atoms with Gasteiger partial charge in [0.25, 0.3) is 5.69 Å². The number of carbonyl (C=O) groups is 1. The van der Waals surface area contributed by atoms with Crippen molar-refractivity contribution in [1.82, 2.24) is 0 Å². The van der Waals surface area contributed by atoms with Gasteiger partial charge in [-0.15, -0.1) is 0 Å². The summed E-state index contributed by atoms with van der Waals surface area (Å²) in [5, 5.41) is 10.8. The van der Waals surface area contributed by atoms with Gasteiger partial charge in [-0.05, 0) is 12.1 Å². The quantitative estimate of drug-likeness (QED) is 0.297. The molecule has 0 atom stereocenters. The SMILES string of the molecule is CC(=O)SCCC#Cc1ccc(N)cc1[N+](=O)[O-]. The van der Waals surface area contributed by atoms with Gasteiger partial charge in [0.1, 0.15) is 5.56 Å². The lowest BCUT2D eigenvalue weighted by atomic mass is 10.1. The molecule has 0 aliphatic heterocycles. The summed E-state index contributed by atoms with van der Waals surface area (Å²) in [6.07, 6.45) is 0.506. The van der Waals surface area contributed by atoms with Crippen LogP contribution >= 0.6 is 11.8 Å². The average Bonchev–Trinajstić information content (AvgIpc) is 2.29. The Morgan fingerprint density at radius 2 is 2.28 bits per heavy atom. The standard InChI is InChI=1S/C12H12N2O3S/c1-9(15)18-7-3-2-4-10-5-6-11(13)8-12(10)14(16)17/h5-6,8H,3,7,13H2,1H3. The second kappa shape index (κ2) is 6.67. The molecule has 0 heterocycles. The zero-order chi connectivity index (χ0) is 13.5. The highest BCUT2D eigenvalue weighted by Gasteiger charge is 2.11. The van der Waals surface area contributed by atoms with Crippen LogP contribution in [0, 0.1) is 22.0 Å². The van der Waals surface area contributed by atoms with Crippen LogP contribution in [-0.2, 0) is 4.79 Å². The van der Waals surface area contributed by atoms with E-state index in [2.05, 4.69) is 11.8 Å². The maximum absolute atomic E-state index is 10.8. The highest BCUT2D eigenvalue weighted by Crippen LogP contribution is 2.20. The van der Waals surface area contributed by atoms with Gasteiger partial charge in [0.2, 0.25) is 0 Å². The third-order valence-corrected chi connectivity index (χ3v) is 2.79. The Morgan fingerprint density at radius 3 is 2.89 bits per heavy atom. The molecule has 1 rings (SSSR count). The second-order valence-electron chi connectivity index (χ2n) is 3.43. The van der Waals surface area contributed by atoms with Gasteiger partial charge < -0.3 is 5.73 Å². The minimum absolute atomic E-state index is 0.0373. The Morgan fingerprint density at radius 1 is 1.56 bits per heavy atom. The maximum Gasteiger partial charge on any atom is 0.286 e. The molecule has 0 aliphatic carbocycles. The summed E-state index contributed by atoms with van der Waals surface area (Å²) in [4.78, 5) is 20.9. The molecule has 0 spiro atoms. The van der Waals surface area contributed by atoms with Crippen molar-refractivity contribution in [1.29, 1.82) is 0 Å². The first-order chi connectivity index (χ1) is 8.50. The Balaban J connectivity index is 2.75. The molecule has 1 aromatic rings. The fourth-order valence-electron chi connectivity index (χ4n) is 1.21. The van der Waals surface area contributed by atoms with Crippen molar-refractivity contribution < 1.29 is 9.72 Å². The van der Waals surface area contributed by atoms with Crippen molar-refractivity contribution in [2.45, 2.75) is 13.3 Å². The molecule has 6 heteroatoms. The van der Waals surface area contributed by atoms with Crippen molar-refractivity contribution in [3.63, 3.8) is 0 Å². The Labute approximate surface area is 109 Å². The number of thioether (sulfide) groups is 1. The van der Waals surface area contributed by atoms with Gasteiger partial charge in [-0.3, -0.25) is 14.9 Å². The topological polar surface area (TPSA) is 86.2 Å². The Bertz CT molecular complexity index is 532. The zero-order valence-corrected chi connectivity index (χ0v) is 10.6. The van der Waals surface area contributed by atoms with Crippen LogP contribution < -0.4 is 5.73 Å². The van der Waals surface area contributed by atoms with Crippen molar-refractivity contribution in [3.8, 4) is 11.8 Å². The van der Waals surface area contributed by atoms with Crippen molar-refractivity contribution in [3.05, 3.63) is 33.9 Å². The van der Waals surface area contributed by atoms with E-state index < -0.39 is 4.92 Å². The third-order valence-electron chi connectivity index (χ3n) is 1.97. The number of hydrogen-bond acceptors (Lipinski definition) is 5. The molecule has 0 unspecified atom stereocenters. The van der Waals surface area contributed by atoms with Gasteiger partial charge >= 0.3 is 0 Å². The van der Waals surface area contributed by atoms with E-state index in [9.17, 15) is 14.9 Å². The summed E-state index contributed by atoms with van der Waals surface area (Å²) in [5.74, 6) is 6.12. The predicted molar refractivity (Wildman–Crippen MR) is 72.1 cm³/mol. The molecule has 0 aromatic heterocycles. The number of nitro benzene ring substituents is 1. The van der Waals surface area contributed by atoms with Crippen LogP contribution in [0.2, 0.25) is 0 Å². The zero-order valence-electron chi connectivity index (χ0n) is 9.80. The molecule has 5 nitrogen and oxygen atoms in total. The summed E-state index contributed by atoms with van der Waals surface area (Å²) < 4.78 is 0. The number of rotatable bonds is 3. The van der Waals surface area contributed by atoms with E-state index in [-0.39, 0.29) is 10.8 Å². The van der Waals surface area contributed by atoms with Gasteiger partial charge in [0.15, 0.2) is 5.12 Å². The van der Waals surface area contributed by atoms with Gasteiger partial charge in [0, 0.05) is 30.9 Å². The molecule has 94 valence electrons. The number of nitrogens with two attached hydrogens (primary N) is 1. The van der Waals surface area contributed by atoms with E-state index in [1.165, 1.54) is 30.8 Å². The lowest BCUT2D eigenvalue weighted by Gasteiger charge is -1.97. The predicted octanol–water partition coefficient (Wildman–Crippen LogP) is 2.20. The van der Waals surface area contributed by atoms with E-state index in [1.807, 2.05) is 0 Å². The van der Waals surface area contributed by atoms with Gasteiger partial charge in [-0.25, -0.2) is 0 Å². The second-order valence-corrected chi connectivity index (χ2v) is 4.70. The van der Waals surface area contributed by atoms with Gasteiger partial charge in [-0.2, -0.15) is 0 Å². The molecule has 18 heavy (non-hydrogen) atoms. The first-order valence-corrected chi connectivity index (χ1v) is 6.15. The van der Waals surface area contributed by atoms with E-state index in [0.717, 1.165) is 0 Å². The van der Waals surface area contributed by atoms with Crippen LogP contribution in [0.5, 0.6) is 0 Å². The number of nitrogens with zero attached hydrogens (tertiary/aromatic N) is 1. The minimum atomic E-state index is -0.509. The number of carbonyl (C=O) groups excluding carboxylic acids is 1. The molecule has 0 radical (unpaired) electrons. The Hall–Kier alpha value is -2.00. The average molecular weight is 264 g/mol. The summed E-state index contributed by atoms with van der Waals surface area (Å²) in [6, 6.07) is 4.38. The van der Waals surface area contributed by atoms with Gasteiger partial charge in [-0.1, -0.05) is 23.6 Å². The van der Waals surface area contributed by atoms with Crippen LogP contribution in [0.25, 0.3) is 0 Å². The number of anilines is 1. The van der Waals surface area contributed by atoms with Crippen molar-refractivity contribution >= 4 is 28.3 Å². The first kappa shape index (κ1) is 14.1. The number of nitrogen functional groups attached to an aromatic ring is 1. The molecule has 1 aromatic carbocycles. The molecule has 0 bridgehead atoms. The normalized spacial score (nSPS) is 9.39. The van der Waals surface area contributed by atoms with E-state index in [4.69, 9.17) is 5.73 Å². The summed E-state index contributed by atoms with van der Waals surface area (Å²) >= 11 is 1.18. The molecule has 0 fully saturated rings. The van der Waals surface area contributed by atoms with Gasteiger partial charge in [0.05, 0.1) is 4.92 Å². The summed E-state index contributed by atoms with van der Waals surface area (Å²) in [5.41, 5.74) is 6.05. The summed E-state index contributed by atoms with van der Waals surface area (Å²) in [6.45, 7) is 1.49. The summed E-state index contributed by atoms with van der Waals surface area (Å²) in [7, 11) is 0. The largest absolute Gasteiger partial charge is 0.399 e. The maximum atomic E-state index is 10.8. The minimum Gasteiger partial charge on any atom is -0.399 e. The van der Waals surface area contributed by atoms with Crippen LogP contribution in [0.3, 0.4) is 0 Å². The number of nitro groups is 1. The number of benzene rings is 1. The highest BCUT2D eigenvalue weighted by molar-refractivity contribution is 8.13. The molecule has 0 amide bonds. The van der Waals surface area contributed by atoms with E-state index >= 15 is 0 Å². The van der Waals surface area contributed by atoms with Crippen molar-refractivity contribution in [2.24, 2.45) is 0 Å². The smallest absolute Gasteiger partial charge is 0.286 e. The molecular formula is C12H12N2O3S. The van der Waals surface area contributed by atoms with Crippen LogP contribution in [0.1, 0.15) is 18.9 Å². The van der Waals surface area contributed by atoms with E-state index in [0.29, 0.717) is 23.4 Å². The molecule has 0 saturated heterocycles.